The average molecular weight is 437 g/mol. The highest BCUT2D eigenvalue weighted by molar-refractivity contribution is 5.93. The molecule has 0 radical (unpaired) electrons. The van der Waals surface area contributed by atoms with Crippen LogP contribution >= 0.6 is 0 Å². The molecule has 0 unspecified atom stereocenters. The Bertz CT molecular complexity index is 1010. The molecule has 1 aromatic carbocycles. The lowest BCUT2D eigenvalue weighted by Gasteiger charge is -2.47. The summed E-state index contributed by atoms with van der Waals surface area (Å²) in [5, 5.41) is 11.0. The minimum atomic E-state index is -0.550. The van der Waals surface area contributed by atoms with Crippen molar-refractivity contribution in [1.29, 1.82) is 0 Å². The van der Waals surface area contributed by atoms with Crippen LogP contribution in [0.1, 0.15) is 64.5 Å². The summed E-state index contributed by atoms with van der Waals surface area (Å²) in [5.41, 5.74) is 4.88. The van der Waals surface area contributed by atoms with Gasteiger partial charge in [0, 0.05) is 37.6 Å². The molecule has 2 saturated heterocycles. The quantitative estimate of drug-likeness (QED) is 0.738. The highest BCUT2D eigenvalue weighted by atomic mass is 16.5. The summed E-state index contributed by atoms with van der Waals surface area (Å²) in [7, 11) is 0. The van der Waals surface area contributed by atoms with Crippen molar-refractivity contribution in [2.45, 2.75) is 52.2 Å². The third kappa shape index (κ3) is 3.88. The van der Waals surface area contributed by atoms with Gasteiger partial charge in [-0.2, -0.15) is 0 Å². The van der Waals surface area contributed by atoms with Crippen molar-refractivity contribution in [2.75, 3.05) is 37.6 Å². The molecule has 1 aromatic heterocycles. The van der Waals surface area contributed by atoms with E-state index in [4.69, 9.17) is 4.74 Å². The number of aliphatic hydroxyl groups excluding tert-OH is 1. The molecule has 1 N–H and O–H groups in total. The standard InChI is InChI=1S/C25H32N4O3/c1-17-19(3-4-20-21(17)16-32-24(20)31)22(30)15-28-11-5-25(6-12-28)7-13-29(14-8-25)23-18(2)26-9-10-27-23/h3-4,9-10,22,30H,5-8,11-16H2,1-2H3/t22-/m0/s1. The van der Waals surface area contributed by atoms with Crippen molar-refractivity contribution in [3.63, 3.8) is 0 Å². The summed E-state index contributed by atoms with van der Waals surface area (Å²) in [6.45, 7) is 9.09. The van der Waals surface area contributed by atoms with Crippen LogP contribution in [-0.2, 0) is 11.3 Å². The molecule has 2 fully saturated rings. The zero-order valence-electron chi connectivity index (χ0n) is 19.0. The van der Waals surface area contributed by atoms with Crippen LogP contribution in [0, 0.1) is 19.3 Å². The summed E-state index contributed by atoms with van der Waals surface area (Å²) in [5.74, 6) is 0.769. The molecule has 2 aromatic rings. The van der Waals surface area contributed by atoms with Crippen LogP contribution < -0.4 is 4.90 Å². The van der Waals surface area contributed by atoms with Gasteiger partial charge in [-0.1, -0.05) is 6.07 Å². The van der Waals surface area contributed by atoms with Crippen molar-refractivity contribution in [3.8, 4) is 0 Å². The predicted molar refractivity (Wildman–Crippen MR) is 122 cm³/mol. The van der Waals surface area contributed by atoms with Gasteiger partial charge < -0.3 is 19.6 Å². The number of β-amino-alcohol motifs (C(OH)–C–C–N with tert-alkyl or cyclic N) is 1. The van der Waals surface area contributed by atoms with E-state index in [2.05, 4.69) is 19.8 Å². The number of carbonyl (C=O) groups is 1. The maximum atomic E-state index is 11.8. The number of anilines is 1. The number of aromatic nitrogens is 2. The number of cyclic esters (lactones) is 1. The monoisotopic (exact) mass is 436 g/mol. The number of rotatable bonds is 4. The molecule has 3 aliphatic rings. The number of hydrogen-bond donors (Lipinski definition) is 1. The first kappa shape index (κ1) is 21.3. The second-order valence-corrected chi connectivity index (χ2v) is 9.65. The summed E-state index contributed by atoms with van der Waals surface area (Å²) in [6, 6.07) is 3.69. The second-order valence-electron chi connectivity index (χ2n) is 9.65. The summed E-state index contributed by atoms with van der Waals surface area (Å²) >= 11 is 0. The molecule has 7 heteroatoms. The number of benzene rings is 1. The summed E-state index contributed by atoms with van der Waals surface area (Å²) < 4.78 is 5.15. The maximum Gasteiger partial charge on any atom is 0.338 e. The molecule has 0 saturated carbocycles. The van der Waals surface area contributed by atoms with E-state index in [1.165, 1.54) is 25.7 Å². The Morgan fingerprint density at radius 2 is 1.75 bits per heavy atom. The van der Waals surface area contributed by atoms with Gasteiger partial charge in [0.15, 0.2) is 0 Å². The molecule has 4 heterocycles. The summed E-state index contributed by atoms with van der Waals surface area (Å²) in [4.78, 5) is 25.5. The fourth-order valence-corrected chi connectivity index (χ4v) is 5.69. The zero-order chi connectivity index (χ0) is 22.3. The van der Waals surface area contributed by atoms with E-state index in [-0.39, 0.29) is 5.97 Å². The van der Waals surface area contributed by atoms with E-state index in [0.717, 1.165) is 54.4 Å². The van der Waals surface area contributed by atoms with E-state index < -0.39 is 6.10 Å². The molecule has 170 valence electrons. The van der Waals surface area contributed by atoms with Gasteiger partial charge in [-0.15, -0.1) is 0 Å². The van der Waals surface area contributed by atoms with Crippen LogP contribution in [0.2, 0.25) is 0 Å². The molecule has 1 atom stereocenters. The van der Waals surface area contributed by atoms with E-state index in [9.17, 15) is 9.90 Å². The number of nitrogens with zero attached hydrogens (tertiary/aromatic N) is 4. The highest BCUT2D eigenvalue weighted by Gasteiger charge is 2.38. The molecule has 3 aliphatic heterocycles. The van der Waals surface area contributed by atoms with Gasteiger partial charge in [-0.05, 0) is 75.2 Å². The smallest absolute Gasteiger partial charge is 0.338 e. The van der Waals surface area contributed by atoms with Gasteiger partial charge in [0.1, 0.15) is 12.4 Å². The lowest BCUT2D eigenvalue weighted by atomic mass is 9.71. The van der Waals surface area contributed by atoms with Gasteiger partial charge >= 0.3 is 5.97 Å². The second kappa shape index (κ2) is 8.45. The summed E-state index contributed by atoms with van der Waals surface area (Å²) in [6.07, 6.45) is 7.73. The predicted octanol–water partition coefficient (Wildman–Crippen LogP) is 3.18. The average Bonchev–Trinajstić information content (AvgIpc) is 3.18. The van der Waals surface area contributed by atoms with Crippen LogP contribution in [0.3, 0.4) is 0 Å². The lowest BCUT2D eigenvalue weighted by molar-refractivity contribution is 0.0447. The van der Waals surface area contributed by atoms with Gasteiger partial charge in [0.2, 0.25) is 0 Å². The van der Waals surface area contributed by atoms with E-state index in [0.29, 0.717) is 24.1 Å². The number of esters is 1. The number of ether oxygens (including phenoxy) is 1. The van der Waals surface area contributed by atoms with E-state index in [1.807, 2.05) is 19.9 Å². The fourth-order valence-electron chi connectivity index (χ4n) is 5.69. The zero-order valence-corrected chi connectivity index (χ0v) is 19.0. The third-order valence-electron chi connectivity index (χ3n) is 7.89. The van der Waals surface area contributed by atoms with Gasteiger partial charge in [-0.3, -0.25) is 4.98 Å². The van der Waals surface area contributed by atoms with E-state index in [1.54, 1.807) is 18.5 Å². The van der Waals surface area contributed by atoms with E-state index >= 15 is 0 Å². The number of piperidine rings is 2. The SMILES string of the molecule is Cc1nccnc1N1CCC2(CCN(C[C@H](O)c3ccc4c(c3C)COC4=O)CC2)CC1. The molecule has 0 aliphatic carbocycles. The molecule has 1 spiro atoms. The minimum Gasteiger partial charge on any atom is -0.457 e. The Labute approximate surface area is 189 Å². The van der Waals surface area contributed by atoms with Crippen LogP contribution in [0.5, 0.6) is 0 Å². The highest BCUT2D eigenvalue weighted by Crippen LogP contribution is 2.42. The lowest BCUT2D eigenvalue weighted by Crippen LogP contribution is -2.47. The first-order chi connectivity index (χ1) is 15.5. The Balaban J connectivity index is 1.16. The number of fused-ring (bicyclic) bond motifs is 1. The Morgan fingerprint density at radius 3 is 2.47 bits per heavy atom. The first-order valence-electron chi connectivity index (χ1n) is 11.7. The van der Waals surface area contributed by atoms with Crippen molar-refractivity contribution in [1.82, 2.24) is 14.9 Å². The van der Waals surface area contributed by atoms with Crippen LogP contribution in [-0.4, -0.2) is 58.7 Å². The van der Waals surface area contributed by atoms with Crippen molar-refractivity contribution in [3.05, 3.63) is 52.5 Å². The van der Waals surface area contributed by atoms with Crippen molar-refractivity contribution < 1.29 is 14.6 Å². The van der Waals surface area contributed by atoms with Crippen LogP contribution in [0.15, 0.2) is 24.5 Å². The number of aliphatic hydroxyl groups is 1. The van der Waals surface area contributed by atoms with Crippen LogP contribution in [0.25, 0.3) is 0 Å². The number of hydrogen-bond acceptors (Lipinski definition) is 7. The van der Waals surface area contributed by atoms with Crippen molar-refractivity contribution >= 4 is 11.8 Å². The molecule has 32 heavy (non-hydrogen) atoms. The third-order valence-corrected chi connectivity index (χ3v) is 7.89. The van der Waals surface area contributed by atoms with Crippen LogP contribution in [0.4, 0.5) is 5.82 Å². The Hall–Kier alpha value is -2.51. The fraction of sp³-hybridized carbons (Fsp3) is 0.560. The maximum absolute atomic E-state index is 11.8. The molecule has 0 amide bonds. The Morgan fingerprint density at radius 1 is 1.06 bits per heavy atom. The molecular formula is C25H32N4O3. The Kier molecular flexibility index (Phi) is 5.63. The minimum absolute atomic E-state index is 0.258. The van der Waals surface area contributed by atoms with Crippen molar-refractivity contribution in [2.24, 2.45) is 5.41 Å². The topological polar surface area (TPSA) is 78.8 Å². The number of carbonyl (C=O) groups excluding carboxylic acids is 1. The van der Waals surface area contributed by atoms with Gasteiger partial charge in [-0.25, -0.2) is 9.78 Å². The first-order valence-corrected chi connectivity index (χ1v) is 11.7. The van der Waals surface area contributed by atoms with Gasteiger partial charge in [0.05, 0.1) is 17.4 Å². The number of likely N-dealkylation sites (tertiary alicyclic amines) is 1. The molecule has 7 nitrogen and oxygen atoms in total. The molecule has 0 bridgehead atoms. The molecular weight excluding hydrogens is 404 g/mol. The normalized spacial score (nSPS) is 21.5. The number of aryl methyl sites for hydroxylation is 1. The van der Waals surface area contributed by atoms with Gasteiger partial charge in [0.25, 0.3) is 0 Å². The molecule has 5 rings (SSSR count). The largest absolute Gasteiger partial charge is 0.457 e.